The van der Waals surface area contributed by atoms with Crippen LogP contribution in [0.2, 0.25) is 0 Å². The summed E-state index contributed by atoms with van der Waals surface area (Å²) in [4.78, 5) is 27.9. The van der Waals surface area contributed by atoms with Crippen molar-refractivity contribution in [1.82, 2.24) is 0 Å². The molecule has 0 aliphatic rings. The minimum Gasteiger partial charge on any atom is -0.465 e. The SMILES string of the molecule is CCOC(=O)/C(=N/c1ccccc1)C(C)C(=O)OCC. The van der Waals surface area contributed by atoms with Crippen LogP contribution in [-0.4, -0.2) is 30.9 Å². The fraction of sp³-hybridized carbons (Fsp3) is 0.400. The summed E-state index contributed by atoms with van der Waals surface area (Å²) in [6.45, 7) is 5.47. The van der Waals surface area contributed by atoms with Gasteiger partial charge in [0.1, 0.15) is 11.6 Å². The third-order valence-corrected chi connectivity index (χ3v) is 2.54. The molecule has 0 heterocycles. The van der Waals surface area contributed by atoms with E-state index in [2.05, 4.69) is 4.99 Å². The summed E-state index contributed by atoms with van der Waals surface area (Å²) in [6, 6.07) is 8.94. The number of benzene rings is 1. The highest BCUT2D eigenvalue weighted by molar-refractivity contribution is 6.41. The van der Waals surface area contributed by atoms with Gasteiger partial charge in [0.2, 0.25) is 0 Å². The Morgan fingerprint density at radius 3 is 2.25 bits per heavy atom. The second-order valence-corrected chi connectivity index (χ2v) is 4.03. The molecule has 0 bridgehead atoms. The van der Waals surface area contributed by atoms with Crippen molar-refractivity contribution in [2.75, 3.05) is 13.2 Å². The van der Waals surface area contributed by atoms with Crippen LogP contribution in [0.4, 0.5) is 5.69 Å². The smallest absolute Gasteiger partial charge is 0.353 e. The maximum absolute atomic E-state index is 11.9. The normalized spacial score (nSPS) is 12.7. The summed E-state index contributed by atoms with van der Waals surface area (Å²) in [6.07, 6.45) is 0. The molecule has 0 radical (unpaired) electrons. The Morgan fingerprint density at radius 2 is 1.70 bits per heavy atom. The second kappa shape index (κ2) is 8.09. The summed E-state index contributed by atoms with van der Waals surface area (Å²) in [5.41, 5.74) is 0.642. The summed E-state index contributed by atoms with van der Waals surface area (Å²) >= 11 is 0. The van der Waals surface area contributed by atoms with E-state index in [9.17, 15) is 9.59 Å². The van der Waals surface area contributed by atoms with E-state index < -0.39 is 17.9 Å². The highest BCUT2D eigenvalue weighted by Crippen LogP contribution is 2.14. The molecule has 1 rings (SSSR count). The highest BCUT2D eigenvalue weighted by Gasteiger charge is 2.27. The van der Waals surface area contributed by atoms with Crippen molar-refractivity contribution in [2.45, 2.75) is 20.8 Å². The fourth-order valence-corrected chi connectivity index (χ4v) is 1.54. The Kier molecular flexibility index (Phi) is 6.43. The summed E-state index contributed by atoms with van der Waals surface area (Å²) < 4.78 is 9.87. The van der Waals surface area contributed by atoms with Gasteiger partial charge in [0, 0.05) is 0 Å². The van der Waals surface area contributed by atoms with E-state index in [1.54, 1.807) is 45.0 Å². The highest BCUT2D eigenvalue weighted by atomic mass is 16.5. The van der Waals surface area contributed by atoms with Gasteiger partial charge in [-0.25, -0.2) is 9.79 Å². The van der Waals surface area contributed by atoms with Gasteiger partial charge in [0.25, 0.3) is 0 Å². The van der Waals surface area contributed by atoms with E-state index in [1.807, 2.05) is 6.07 Å². The number of rotatable bonds is 6. The number of esters is 2. The third-order valence-electron chi connectivity index (χ3n) is 2.54. The van der Waals surface area contributed by atoms with Crippen molar-refractivity contribution in [3.8, 4) is 0 Å². The van der Waals surface area contributed by atoms with Crippen molar-refractivity contribution in [1.29, 1.82) is 0 Å². The first-order valence-corrected chi connectivity index (χ1v) is 6.57. The average molecular weight is 277 g/mol. The van der Waals surface area contributed by atoms with E-state index in [0.717, 1.165) is 0 Å². The van der Waals surface area contributed by atoms with E-state index in [1.165, 1.54) is 0 Å². The zero-order valence-electron chi connectivity index (χ0n) is 12.0. The van der Waals surface area contributed by atoms with Crippen LogP contribution in [-0.2, 0) is 19.1 Å². The van der Waals surface area contributed by atoms with Crippen molar-refractivity contribution in [3.05, 3.63) is 30.3 Å². The Labute approximate surface area is 118 Å². The van der Waals surface area contributed by atoms with Gasteiger partial charge >= 0.3 is 11.9 Å². The molecule has 0 fully saturated rings. The van der Waals surface area contributed by atoms with Crippen LogP contribution < -0.4 is 0 Å². The van der Waals surface area contributed by atoms with Crippen LogP contribution in [0, 0.1) is 5.92 Å². The largest absolute Gasteiger partial charge is 0.465 e. The molecule has 0 spiro atoms. The number of hydrogen-bond acceptors (Lipinski definition) is 5. The lowest BCUT2D eigenvalue weighted by Crippen LogP contribution is -2.31. The van der Waals surface area contributed by atoms with Crippen LogP contribution in [0.15, 0.2) is 35.3 Å². The topological polar surface area (TPSA) is 65.0 Å². The molecule has 0 saturated carbocycles. The molecule has 1 unspecified atom stereocenters. The first-order valence-electron chi connectivity index (χ1n) is 6.57. The molecule has 20 heavy (non-hydrogen) atoms. The van der Waals surface area contributed by atoms with Crippen LogP contribution >= 0.6 is 0 Å². The van der Waals surface area contributed by atoms with E-state index in [0.29, 0.717) is 5.69 Å². The molecule has 5 nitrogen and oxygen atoms in total. The second-order valence-electron chi connectivity index (χ2n) is 4.03. The van der Waals surface area contributed by atoms with Crippen LogP contribution in [0.25, 0.3) is 0 Å². The van der Waals surface area contributed by atoms with Crippen molar-refractivity contribution in [3.63, 3.8) is 0 Å². The Hall–Kier alpha value is -2.17. The van der Waals surface area contributed by atoms with Crippen molar-refractivity contribution < 1.29 is 19.1 Å². The molecular weight excluding hydrogens is 258 g/mol. The maximum atomic E-state index is 11.9. The zero-order chi connectivity index (χ0) is 15.0. The van der Waals surface area contributed by atoms with Gasteiger partial charge in [-0.3, -0.25) is 4.79 Å². The zero-order valence-corrected chi connectivity index (χ0v) is 12.0. The lowest BCUT2D eigenvalue weighted by molar-refractivity contribution is -0.146. The Balaban J connectivity index is 3.05. The van der Waals surface area contributed by atoms with Gasteiger partial charge in [-0.2, -0.15) is 0 Å². The predicted molar refractivity (Wildman–Crippen MR) is 76.0 cm³/mol. The number of hydrogen-bond donors (Lipinski definition) is 0. The Bertz CT molecular complexity index is 482. The molecule has 0 saturated heterocycles. The number of carbonyl (C=O) groups is 2. The molecule has 1 aromatic rings. The molecule has 1 aromatic carbocycles. The van der Waals surface area contributed by atoms with Gasteiger partial charge in [-0.15, -0.1) is 0 Å². The number of carbonyl (C=O) groups excluding carboxylic acids is 2. The number of nitrogens with zero attached hydrogens (tertiary/aromatic N) is 1. The molecule has 0 aliphatic carbocycles. The molecule has 1 atom stereocenters. The average Bonchev–Trinajstić information content (AvgIpc) is 2.45. The van der Waals surface area contributed by atoms with Gasteiger partial charge in [0.15, 0.2) is 0 Å². The molecule has 0 amide bonds. The molecule has 0 aliphatic heterocycles. The van der Waals surface area contributed by atoms with Crippen LogP contribution in [0.1, 0.15) is 20.8 Å². The predicted octanol–water partition coefficient (Wildman–Crippen LogP) is 2.52. The first kappa shape index (κ1) is 15.9. The van der Waals surface area contributed by atoms with E-state index >= 15 is 0 Å². The maximum Gasteiger partial charge on any atom is 0.353 e. The van der Waals surface area contributed by atoms with Gasteiger partial charge in [0.05, 0.1) is 18.9 Å². The van der Waals surface area contributed by atoms with Gasteiger partial charge in [-0.05, 0) is 32.9 Å². The fourth-order valence-electron chi connectivity index (χ4n) is 1.54. The molecule has 5 heteroatoms. The first-order chi connectivity index (χ1) is 9.60. The van der Waals surface area contributed by atoms with Gasteiger partial charge < -0.3 is 9.47 Å². The molecule has 0 aromatic heterocycles. The minimum absolute atomic E-state index is 0.0523. The van der Waals surface area contributed by atoms with E-state index in [-0.39, 0.29) is 18.9 Å². The summed E-state index contributed by atoms with van der Waals surface area (Å²) in [5, 5.41) is 0. The number of para-hydroxylation sites is 1. The van der Waals surface area contributed by atoms with Gasteiger partial charge in [-0.1, -0.05) is 18.2 Å². The van der Waals surface area contributed by atoms with Crippen molar-refractivity contribution >= 4 is 23.3 Å². The number of ether oxygens (including phenoxy) is 2. The summed E-state index contributed by atoms with van der Waals surface area (Å²) in [5.74, 6) is -1.86. The lowest BCUT2D eigenvalue weighted by Gasteiger charge is -2.12. The van der Waals surface area contributed by atoms with Crippen molar-refractivity contribution in [2.24, 2.45) is 10.9 Å². The lowest BCUT2D eigenvalue weighted by atomic mass is 10.1. The van der Waals surface area contributed by atoms with Crippen LogP contribution in [0.5, 0.6) is 0 Å². The minimum atomic E-state index is -0.769. The monoisotopic (exact) mass is 277 g/mol. The Morgan fingerprint density at radius 1 is 1.10 bits per heavy atom. The molecule has 108 valence electrons. The standard InChI is InChI=1S/C15H19NO4/c1-4-19-14(17)11(3)13(15(18)20-5-2)16-12-9-7-6-8-10-12/h6-11H,4-5H2,1-3H3/b16-13+. The van der Waals surface area contributed by atoms with E-state index in [4.69, 9.17) is 9.47 Å². The number of aliphatic imine (C=N–C) groups is 1. The third kappa shape index (κ3) is 4.50. The summed E-state index contributed by atoms with van der Waals surface area (Å²) in [7, 11) is 0. The molecule has 0 N–H and O–H groups in total. The molecular formula is C15H19NO4. The van der Waals surface area contributed by atoms with Crippen LogP contribution in [0.3, 0.4) is 0 Å². The quantitative estimate of drug-likeness (QED) is 0.592.